The molecule has 108 valence electrons. The maximum absolute atomic E-state index is 12.0. The topological polar surface area (TPSA) is 69.6 Å². The van der Waals surface area contributed by atoms with Gasteiger partial charge in [0.2, 0.25) is 5.91 Å². The lowest BCUT2D eigenvalue weighted by Gasteiger charge is -2.19. The summed E-state index contributed by atoms with van der Waals surface area (Å²) in [4.78, 5) is 24.8. The van der Waals surface area contributed by atoms with Crippen LogP contribution in [0.25, 0.3) is 0 Å². The van der Waals surface area contributed by atoms with Crippen molar-refractivity contribution >= 4 is 11.9 Å². The van der Waals surface area contributed by atoms with Crippen molar-refractivity contribution in [2.75, 3.05) is 19.6 Å². The van der Waals surface area contributed by atoms with Crippen molar-refractivity contribution in [1.82, 2.24) is 10.2 Å². The smallest absolute Gasteiger partial charge is 0.307 e. The maximum atomic E-state index is 12.0. The molecule has 2 aliphatic rings. The molecule has 2 rings (SSSR count). The summed E-state index contributed by atoms with van der Waals surface area (Å²) in [5, 5.41) is 12.0. The van der Waals surface area contributed by atoms with Gasteiger partial charge in [0.25, 0.3) is 0 Å². The zero-order valence-electron chi connectivity index (χ0n) is 11.4. The predicted molar refractivity (Wildman–Crippen MR) is 71.8 cm³/mol. The van der Waals surface area contributed by atoms with E-state index >= 15 is 0 Å². The van der Waals surface area contributed by atoms with E-state index in [1.165, 1.54) is 25.7 Å². The molecule has 5 nitrogen and oxygen atoms in total. The van der Waals surface area contributed by atoms with Crippen LogP contribution < -0.4 is 5.32 Å². The van der Waals surface area contributed by atoms with Gasteiger partial charge < -0.3 is 10.4 Å². The summed E-state index contributed by atoms with van der Waals surface area (Å²) < 4.78 is 0. The molecule has 19 heavy (non-hydrogen) atoms. The van der Waals surface area contributed by atoms with E-state index in [9.17, 15) is 9.59 Å². The Morgan fingerprint density at radius 1 is 1.11 bits per heavy atom. The van der Waals surface area contributed by atoms with E-state index in [2.05, 4.69) is 5.32 Å². The Morgan fingerprint density at radius 2 is 1.79 bits per heavy atom. The number of amides is 1. The van der Waals surface area contributed by atoms with Crippen molar-refractivity contribution in [3.8, 4) is 0 Å². The number of nitrogens with zero attached hydrogens (tertiary/aromatic N) is 1. The van der Waals surface area contributed by atoms with Crippen molar-refractivity contribution in [2.24, 2.45) is 5.92 Å². The van der Waals surface area contributed by atoms with Crippen molar-refractivity contribution < 1.29 is 14.7 Å². The molecule has 5 heteroatoms. The number of carbonyl (C=O) groups is 2. The van der Waals surface area contributed by atoms with Gasteiger partial charge in [-0.2, -0.15) is 0 Å². The molecule has 1 saturated carbocycles. The molecule has 0 spiro atoms. The molecular formula is C14H24N2O3. The van der Waals surface area contributed by atoms with Gasteiger partial charge in [-0.3, -0.25) is 14.5 Å². The Hall–Kier alpha value is -1.10. The van der Waals surface area contributed by atoms with Crippen LogP contribution in [-0.2, 0) is 9.59 Å². The van der Waals surface area contributed by atoms with Gasteiger partial charge in [-0.15, -0.1) is 0 Å². The van der Waals surface area contributed by atoms with Crippen molar-refractivity contribution in [1.29, 1.82) is 0 Å². The Morgan fingerprint density at radius 3 is 2.37 bits per heavy atom. The summed E-state index contributed by atoms with van der Waals surface area (Å²) in [7, 11) is 0. The van der Waals surface area contributed by atoms with Crippen LogP contribution in [0.5, 0.6) is 0 Å². The fraction of sp³-hybridized carbons (Fsp3) is 0.857. The quantitative estimate of drug-likeness (QED) is 0.752. The summed E-state index contributed by atoms with van der Waals surface area (Å²) in [5.74, 6) is -0.990. The summed E-state index contributed by atoms with van der Waals surface area (Å²) in [5.41, 5.74) is 0. The van der Waals surface area contributed by atoms with Gasteiger partial charge in [0.15, 0.2) is 0 Å². The highest BCUT2D eigenvalue weighted by molar-refractivity contribution is 5.78. The van der Waals surface area contributed by atoms with Crippen LogP contribution >= 0.6 is 0 Å². The minimum absolute atomic E-state index is 0.0536. The number of carboxylic acid groups (broad SMARTS) is 1. The summed E-state index contributed by atoms with van der Waals surface area (Å²) >= 11 is 0. The number of likely N-dealkylation sites (tertiary alicyclic amines) is 1. The number of nitrogens with one attached hydrogen (secondary N) is 1. The van der Waals surface area contributed by atoms with Crippen molar-refractivity contribution in [3.05, 3.63) is 0 Å². The molecule has 2 N–H and O–H groups in total. The first kappa shape index (κ1) is 14.3. The van der Waals surface area contributed by atoms with E-state index in [0.29, 0.717) is 25.6 Å². The Bertz CT molecular complexity index is 325. The second kappa shape index (κ2) is 6.89. The van der Waals surface area contributed by atoms with Gasteiger partial charge in [-0.05, 0) is 25.8 Å². The second-order valence-electron chi connectivity index (χ2n) is 5.81. The Labute approximate surface area is 114 Å². The largest absolute Gasteiger partial charge is 0.481 e. The average Bonchev–Trinajstić information content (AvgIpc) is 2.67. The molecule has 0 radical (unpaired) electrons. The SMILES string of the molecule is O=C(CN1CC[C@@H](C(=O)O)C1)NC1CCCCCC1. The third-order valence-electron chi connectivity index (χ3n) is 4.21. The lowest BCUT2D eigenvalue weighted by Crippen LogP contribution is -2.41. The first-order valence-corrected chi connectivity index (χ1v) is 7.39. The number of hydrogen-bond acceptors (Lipinski definition) is 3. The molecule has 0 aromatic heterocycles. The van der Waals surface area contributed by atoms with E-state index in [-0.39, 0.29) is 11.8 Å². The first-order chi connectivity index (χ1) is 9.15. The highest BCUT2D eigenvalue weighted by Gasteiger charge is 2.29. The minimum atomic E-state index is -0.744. The molecule has 1 heterocycles. The Kier molecular flexibility index (Phi) is 5.19. The van der Waals surface area contributed by atoms with Gasteiger partial charge >= 0.3 is 5.97 Å². The fourth-order valence-corrected chi connectivity index (χ4v) is 3.08. The fourth-order valence-electron chi connectivity index (χ4n) is 3.08. The molecule has 1 atom stereocenters. The molecule has 0 aromatic rings. The Balaban J connectivity index is 1.71. The van der Waals surface area contributed by atoms with Crippen LogP contribution in [0.15, 0.2) is 0 Å². The first-order valence-electron chi connectivity index (χ1n) is 7.39. The van der Waals surface area contributed by atoms with E-state index in [1.807, 2.05) is 4.90 Å². The van der Waals surface area contributed by atoms with E-state index < -0.39 is 5.97 Å². The molecular weight excluding hydrogens is 244 g/mol. The third-order valence-corrected chi connectivity index (χ3v) is 4.21. The number of carbonyl (C=O) groups excluding carboxylic acids is 1. The summed E-state index contributed by atoms with van der Waals surface area (Å²) in [6.45, 7) is 1.57. The molecule has 1 amide bonds. The van der Waals surface area contributed by atoms with E-state index in [4.69, 9.17) is 5.11 Å². The van der Waals surface area contributed by atoms with Crippen LogP contribution in [0.3, 0.4) is 0 Å². The van der Waals surface area contributed by atoms with Gasteiger partial charge in [0, 0.05) is 12.6 Å². The number of rotatable bonds is 4. The summed E-state index contributed by atoms with van der Waals surface area (Å²) in [6.07, 6.45) is 7.79. The van der Waals surface area contributed by atoms with Crippen LogP contribution in [0.2, 0.25) is 0 Å². The lowest BCUT2D eigenvalue weighted by molar-refractivity contribution is -0.141. The highest BCUT2D eigenvalue weighted by Crippen LogP contribution is 2.18. The van der Waals surface area contributed by atoms with E-state index in [0.717, 1.165) is 19.4 Å². The zero-order valence-corrected chi connectivity index (χ0v) is 11.4. The molecule has 1 aliphatic carbocycles. The number of hydrogen-bond donors (Lipinski definition) is 2. The van der Waals surface area contributed by atoms with Crippen LogP contribution in [0.1, 0.15) is 44.9 Å². The molecule has 1 saturated heterocycles. The monoisotopic (exact) mass is 268 g/mol. The van der Waals surface area contributed by atoms with Gasteiger partial charge in [0.05, 0.1) is 12.5 Å². The second-order valence-corrected chi connectivity index (χ2v) is 5.81. The molecule has 1 aliphatic heterocycles. The van der Waals surface area contributed by atoms with Crippen LogP contribution in [-0.4, -0.2) is 47.6 Å². The highest BCUT2D eigenvalue weighted by atomic mass is 16.4. The van der Waals surface area contributed by atoms with Crippen molar-refractivity contribution in [2.45, 2.75) is 51.0 Å². The van der Waals surface area contributed by atoms with Crippen LogP contribution in [0, 0.1) is 5.92 Å². The minimum Gasteiger partial charge on any atom is -0.481 e. The normalized spacial score (nSPS) is 26.0. The molecule has 0 unspecified atom stereocenters. The van der Waals surface area contributed by atoms with Crippen molar-refractivity contribution in [3.63, 3.8) is 0 Å². The standard InChI is InChI=1S/C14H24N2O3/c17-13(15-12-5-3-1-2-4-6-12)10-16-8-7-11(9-16)14(18)19/h11-12H,1-10H2,(H,15,17)(H,18,19)/t11-/m1/s1. The third kappa shape index (κ3) is 4.49. The number of carboxylic acids is 1. The number of aliphatic carboxylic acids is 1. The van der Waals surface area contributed by atoms with Gasteiger partial charge in [-0.25, -0.2) is 0 Å². The van der Waals surface area contributed by atoms with Crippen LogP contribution in [0.4, 0.5) is 0 Å². The maximum Gasteiger partial charge on any atom is 0.307 e. The molecule has 0 bridgehead atoms. The van der Waals surface area contributed by atoms with Gasteiger partial charge in [0.1, 0.15) is 0 Å². The lowest BCUT2D eigenvalue weighted by atomic mass is 10.1. The summed E-state index contributed by atoms with van der Waals surface area (Å²) in [6, 6.07) is 0.327. The molecule has 2 fully saturated rings. The average molecular weight is 268 g/mol. The van der Waals surface area contributed by atoms with Gasteiger partial charge in [-0.1, -0.05) is 25.7 Å². The predicted octanol–water partition coefficient (Wildman–Crippen LogP) is 1.23. The molecule has 0 aromatic carbocycles. The zero-order chi connectivity index (χ0) is 13.7. The van der Waals surface area contributed by atoms with E-state index in [1.54, 1.807) is 0 Å².